The number of nitrogens with one attached hydrogen (secondary N) is 2. The molecule has 1 aromatic rings. The highest BCUT2D eigenvalue weighted by molar-refractivity contribution is 5.94. The Bertz CT molecular complexity index is 650. The summed E-state index contributed by atoms with van der Waals surface area (Å²) >= 11 is 0. The first-order valence-electron chi connectivity index (χ1n) is 8.61. The Hall–Kier alpha value is -2.15. The number of hydrogen-bond acceptors (Lipinski definition) is 5. The monoisotopic (exact) mass is 365 g/mol. The van der Waals surface area contributed by atoms with Crippen LogP contribution in [0.2, 0.25) is 0 Å². The molecule has 1 saturated carbocycles. The zero-order chi connectivity index (χ0) is 19.5. The van der Waals surface area contributed by atoms with Crippen molar-refractivity contribution >= 4 is 11.6 Å². The molecule has 1 aliphatic rings. The lowest BCUT2D eigenvalue weighted by Crippen LogP contribution is -2.69. The van der Waals surface area contributed by atoms with Gasteiger partial charge < -0.3 is 29.6 Å². The van der Waals surface area contributed by atoms with Crippen LogP contribution in [-0.2, 0) is 4.74 Å². The third-order valence-corrected chi connectivity index (χ3v) is 5.74. The minimum Gasteiger partial charge on any atom is -0.493 e. The lowest BCUT2D eigenvalue weighted by atomic mass is 9.56. The van der Waals surface area contributed by atoms with Crippen LogP contribution in [0.1, 0.15) is 27.2 Å². The van der Waals surface area contributed by atoms with Crippen LogP contribution in [0.5, 0.6) is 17.2 Å². The molecule has 0 radical (unpaired) electrons. The van der Waals surface area contributed by atoms with E-state index in [2.05, 4.69) is 36.4 Å². The molecule has 2 rings (SSSR count). The van der Waals surface area contributed by atoms with E-state index >= 15 is 0 Å². The number of rotatable bonds is 6. The van der Waals surface area contributed by atoms with Crippen molar-refractivity contribution in [1.29, 1.82) is 0 Å². The first-order chi connectivity index (χ1) is 12.3. The molecule has 2 unspecified atom stereocenters. The van der Waals surface area contributed by atoms with E-state index in [1.165, 1.54) is 0 Å². The van der Waals surface area contributed by atoms with Crippen LogP contribution in [0.25, 0.3) is 0 Å². The molecular formula is C19H31N3O4. The number of benzene rings is 1. The van der Waals surface area contributed by atoms with Gasteiger partial charge in [-0.3, -0.25) is 4.99 Å². The first-order valence-corrected chi connectivity index (χ1v) is 8.61. The summed E-state index contributed by atoms with van der Waals surface area (Å²) in [5, 5.41) is 6.78. The number of anilines is 1. The molecule has 0 aliphatic heterocycles. The van der Waals surface area contributed by atoms with Crippen LogP contribution in [0.4, 0.5) is 5.69 Å². The highest BCUT2D eigenvalue weighted by Gasteiger charge is 2.58. The molecule has 7 nitrogen and oxygen atoms in total. The van der Waals surface area contributed by atoms with E-state index < -0.39 is 0 Å². The van der Waals surface area contributed by atoms with Crippen LogP contribution in [0.15, 0.2) is 17.1 Å². The maximum absolute atomic E-state index is 5.69. The Morgan fingerprint density at radius 2 is 1.62 bits per heavy atom. The van der Waals surface area contributed by atoms with Gasteiger partial charge in [0, 0.05) is 43.4 Å². The Morgan fingerprint density at radius 3 is 2.00 bits per heavy atom. The largest absolute Gasteiger partial charge is 0.493 e. The standard InChI is InChI=1S/C19H31N3O4/c1-18(2)15(11-19(18,3)26-8)22-17(20-4)21-12-9-13(23-5)16(25-7)14(10-12)24-6/h9-10,15H,11H2,1-8H3,(H2,20,21,22). The second-order valence-corrected chi connectivity index (χ2v) is 7.17. The summed E-state index contributed by atoms with van der Waals surface area (Å²) in [6.07, 6.45) is 0.909. The fourth-order valence-electron chi connectivity index (χ4n) is 3.33. The van der Waals surface area contributed by atoms with Gasteiger partial charge in [-0.15, -0.1) is 0 Å². The number of nitrogens with zero attached hydrogens (tertiary/aromatic N) is 1. The summed E-state index contributed by atoms with van der Waals surface area (Å²) in [5.74, 6) is 2.40. The average molecular weight is 365 g/mol. The maximum Gasteiger partial charge on any atom is 0.203 e. The fraction of sp³-hybridized carbons (Fsp3) is 0.632. The van der Waals surface area contributed by atoms with Gasteiger partial charge in [0.15, 0.2) is 17.5 Å². The van der Waals surface area contributed by atoms with Crippen molar-refractivity contribution in [1.82, 2.24) is 5.32 Å². The third-order valence-electron chi connectivity index (χ3n) is 5.74. The molecule has 0 spiro atoms. The summed E-state index contributed by atoms with van der Waals surface area (Å²) in [6.45, 7) is 6.54. The highest BCUT2D eigenvalue weighted by Crippen LogP contribution is 2.51. The summed E-state index contributed by atoms with van der Waals surface area (Å²) < 4.78 is 21.9. The molecule has 0 saturated heterocycles. The van der Waals surface area contributed by atoms with E-state index in [1.54, 1.807) is 35.5 Å². The Balaban J connectivity index is 2.17. The zero-order valence-electron chi connectivity index (χ0n) is 17.0. The Labute approximate surface area is 156 Å². The Morgan fingerprint density at radius 1 is 1.04 bits per heavy atom. The van der Waals surface area contributed by atoms with E-state index in [9.17, 15) is 0 Å². The van der Waals surface area contributed by atoms with E-state index in [0.29, 0.717) is 23.2 Å². The van der Waals surface area contributed by atoms with Gasteiger partial charge in [-0.1, -0.05) is 13.8 Å². The fourth-order valence-corrected chi connectivity index (χ4v) is 3.33. The van der Waals surface area contributed by atoms with Gasteiger partial charge in [-0.2, -0.15) is 0 Å². The predicted octanol–water partition coefficient (Wildman–Crippen LogP) is 2.90. The molecule has 26 heavy (non-hydrogen) atoms. The molecule has 0 aromatic heterocycles. The van der Waals surface area contributed by atoms with Crippen molar-refractivity contribution in [2.24, 2.45) is 10.4 Å². The molecule has 1 fully saturated rings. The van der Waals surface area contributed by atoms with E-state index in [-0.39, 0.29) is 17.1 Å². The van der Waals surface area contributed by atoms with Gasteiger partial charge in [0.2, 0.25) is 5.75 Å². The van der Waals surface area contributed by atoms with Gasteiger partial charge in [0.1, 0.15) is 0 Å². The lowest BCUT2D eigenvalue weighted by Gasteiger charge is -2.59. The van der Waals surface area contributed by atoms with Crippen molar-refractivity contribution < 1.29 is 18.9 Å². The van der Waals surface area contributed by atoms with Gasteiger partial charge in [-0.05, 0) is 13.3 Å². The highest BCUT2D eigenvalue weighted by atomic mass is 16.5. The van der Waals surface area contributed by atoms with Gasteiger partial charge in [0.05, 0.1) is 26.9 Å². The molecule has 0 amide bonds. The molecule has 7 heteroatoms. The van der Waals surface area contributed by atoms with Crippen molar-refractivity contribution in [3.63, 3.8) is 0 Å². The topological polar surface area (TPSA) is 73.3 Å². The molecule has 2 atom stereocenters. The average Bonchev–Trinajstić information content (AvgIpc) is 2.65. The van der Waals surface area contributed by atoms with E-state index in [0.717, 1.165) is 12.1 Å². The molecule has 0 bridgehead atoms. The Kier molecular flexibility index (Phi) is 5.91. The number of hydrogen-bond donors (Lipinski definition) is 2. The van der Waals surface area contributed by atoms with Crippen LogP contribution in [0.3, 0.4) is 0 Å². The van der Waals surface area contributed by atoms with Crippen LogP contribution >= 0.6 is 0 Å². The number of aliphatic imine (C=N–C) groups is 1. The normalized spacial score (nSPS) is 24.5. The molecule has 146 valence electrons. The number of guanidine groups is 1. The summed E-state index contributed by atoms with van der Waals surface area (Å²) in [5.41, 5.74) is 0.629. The molecule has 2 N–H and O–H groups in total. The molecule has 1 aliphatic carbocycles. The van der Waals surface area contributed by atoms with Crippen LogP contribution in [0, 0.1) is 5.41 Å². The minimum atomic E-state index is -0.143. The van der Waals surface area contributed by atoms with Crippen LogP contribution in [-0.4, -0.2) is 53.1 Å². The zero-order valence-corrected chi connectivity index (χ0v) is 17.0. The number of ether oxygens (including phenoxy) is 4. The van der Waals surface area contributed by atoms with Crippen molar-refractivity contribution in [3.05, 3.63) is 12.1 Å². The summed E-state index contributed by atoms with van der Waals surface area (Å²) in [4.78, 5) is 4.34. The minimum absolute atomic E-state index is 0.0192. The summed E-state index contributed by atoms with van der Waals surface area (Å²) in [7, 11) is 8.28. The van der Waals surface area contributed by atoms with E-state index in [4.69, 9.17) is 18.9 Å². The van der Waals surface area contributed by atoms with Gasteiger partial charge in [0.25, 0.3) is 0 Å². The van der Waals surface area contributed by atoms with E-state index in [1.807, 2.05) is 12.1 Å². The second kappa shape index (κ2) is 7.61. The molecule has 1 aromatic carbocycles. The smallest absolute Gasteiger partial charge is 0.203 e. The van der Waals surface area contributed by atoms with Gasteiger partial charge in [-0.25, -0.2) is 0 Å². The molecule has 0 heterocycles. The third kappa shape index (κ3) is 3.40. The SMILES string of the molecule is CN=C(Nc1cc(OC)c(OC)c(OC)c1)NC1CC(C)(OC)C1(C)C. The van der Waals surface area contributed by atoms with Crippen molar-refractivity contribution in [3.8, 4) is 17.2 Å². The van der Waals surface area contributed by atoms with Crippen molar-refractivity contribution in [2.45, 2.75) is 38.8 Å². The first kappa shape index (κ1) is 20.2. The van der Waals surface area contributed by atoms with Crippen molar-refractivity contribution in [2.75, 3.05) is 40.8 Å². The van der Waals surface area contributed by atoms with Crippen LogP contribution < -0.4 is 24.8 Å². The quantitative estimate of drug-likeness (QED) is 0.596. The second-order valence-electron chi connectivity index (χ2n) is 7.17. The van der Waals surface area contributed by atoms with Gasteiger partial charge >= 0.3 is 0 Å². The maximum atomic E-state index is 5.69. The predicted molar refractivity (Wildman–Crippen MR) is 104 cm³/mol. The summed E-state index contributed by atoms with van der Waals surface area (Å²) in [6, 6.07) is 3.94. The number of methoxy groups -OCH3 is 4. The molecular weight excluding hydrogens is 334 g/mol. The lowest BCUT2D eigenvalue weighted by molar-refractivity contribution is -0.176.